The van der Waals surface area contributed by atoms with E-state index in [2.05, 4.69) is 4.98 Å². The minimum absolute atomic E-state index is 0.0655. The molecule has 0 atom stereocenters. The Labute approximate surface area is 229 Å². The monoisotopic (exact) mass is 578 g/mol. The largest absolute Gasteiger partial charge is 0.396 e. The van der Waals surface area contributed by atoms with Crippen LogP contribution in [0.1, 0.15) is 36.5 Å². The molecule has 1 aromatic heterocycles. The number of aliphatic hydroxyl groups is 2. The zero-order chi connectivity index (χ0) is 28.7. The minimum Gasteiger partial charge on any atom is -0.396 e. The first-order valence-corrected chi connectivity index (χ1v) is 14.1. The van der Waals surface area contributed by atoms with Gasteiger partial charge in [-0.05, 0) is 73.4 Å². The number of hydrogen-bond donors (Lipinski definition) is 2. The van der Waals surface area contributed by atoms with Crippen LogP contribution in [0.5, 0.6) is 0 Å². The van der Waals surface area contributed by atoms with Crippen molar-refractivity contribution in [2.45, 2.75) is 37.2 Å². The van der Waals surface area contributed by atoms with E-state index in [0.29, 0.717) is 11.4 Å². The van der Waals surface area contributed by atoms with Gasteiger partial charge < -0.3 is 14.8 Å². The molecule has 6 nitrogen and oxygen atoms in total. The molecular formula is C28H26ClF3N2O4S. The summed E-state index contributed by atoms with van der Waals surface area (Å²) >= 11 is 6.19. The van der Waals surface area contributed by atoms with E-state index in [1.54, 1.807) is 0 Å². The number of aromatic nitrogens is 2. The lowest BCUT2D eigenvalue weighted by atomic mass is 10.0. The van der Waals surface area contributed by atoms with Crippen LogP contribution in [0.15, 0.2) is 59.6 Å². The maximum absolute atomic E-state index is 15.6. The minimum atomic E-state index is -3.84. The molecule has 0 amide bonds. The van der Waals surface area contributed by atoms with Gasteiger partial charge in [-0.3, -0.25) is 0 Å². The molecule has 0 bridgehead atoms. The van der Waals surface area contributed by atoms with Crippen molar-refractivity contribution < 1.29 is 31.8 Å². The molecule has 4 aromatic rings. The van der Waals surface area contributed by atoms with Crippen LogP contribution < -0.4 is 0 Å². The summed E-state index contributed by atoms with van der Waals surface area (Å²) in [5.74, 6) is -1.73. The molecule has 3 aromatic carbocycles. The van der Waals surface area contributed by atoms with E-state index in [0.717, 1.165) is 24.5 Å². The highest BCUT2D eigenvalue weighted by atomic mass is 35.5. The van der Waals surface area contributed by atoms with E-state index in [9.17, 15) is 27.4 Å². The maximum atomic E-state index is 15.6. The Bertz CT molecular complexity index is 1660. The Balaban J connectivity index is 1.81. The first kappa shape index (κ1) is 28.8. The standard InChI is InChI=1S/C28H26ClF3N2O4S/c1-28(2,36)26-15-34(27(33-26)13-17-4-6-19(30)14-21(17)29)24-7-5-16(10-23(24)32)18-11-22(31)20(8-9-35)25(12-18)39(3,37)38/h4-7,10-12,14-15,35-36H,8-9,13H2,1-3H3. The first-order chi connectivity index (χ1) is 18.2. The number of aliphatic hydroxyl groups excluding tert-OH is 1. The zero-order valence-corrected chi connectivity index (χ0v) is 22.9. The number of benzene rings is 3. The van der Waals surface area contributed by atoms with Gasteiger partial charge in [-0.1, -0.05) is 23.7 Å². The highest BCUT2D eigenvalue weighted by molar-refractivity contribution is 7.90. The van der Waals surface area contributed by atoms with Gasteiger partial charge in [0.05, 0.1) is 16.3 Å². The van der Waals surface area contributed by atoms with Crippen molar-refractivity contribution in [1.29, 1.82) is 0 Å². The Hall–Kier alpha value is -3.18. The van der Waals surface area contributed by atoms with Gasteiger partial charge >= 0.3 is 0 Å². The fraction of sp³-hybridized carbons (Fsp3) is 0.250. The van der Waals surface area contributed by atoms with Gasteiger partial charge in [0, 0.05) is 36.1 Å². The van der Waals surface area contributed by atoms with Crippen LogP contribution in [0, 0.1) is 17.5 Å². The summed E-state index contributed by atoms with van der Waals surface area (Å²) in [5.41, 5.74) is -0.255. The van der Waals surface area contributed by atoms with Crippen molar-refractivity contribution in [2.75, 3.05) is 12.9 Å². The molecule has 0 radical (unpaired) electrons. The van der Waals surface area contributed by atoms with Crippen LogP contribution in [-0.4, -0.2) is 41.0 Å². The molecule has 0 unspecified atom stereocenters. The second kappa shape index (κ2) is 10.8. The van der Waals surface area contributed by atoms with E-state index in [1.165, 1.54) is 54.9 Å². The van der Waals surface area contributed by atoms with Crippen LogP contribution >= 0.6 is 11.6 Å². The van der Waals surface area contributed by atoms with Crippen LogP contribution in [-0.2, 0) is 28.3 Å². The van der Waals surface area contributed by atoms with E-state index >= 15 is 4.39 Å². The third-order valence-electron chi connectivity index (χ3n) is 6.23. The molecule has 206 valence electrons. The zero-order valence-electron chi connectivity index (χ0n) is 21.3. The Morgan fingerprint density at radius 1 is 1.00 bits per heavy atom. The van der Waals surface area contributed by atoms with E-state index in [-0.39, 0.29) is 50.8 Å². The average Bonchev–Trinajstić information content (AvgIpc) is 3.25. The van der Waals surface area contributed by atoms with Gasteiger partial charge in [0.2, 0.25) is 0 Å². The van der Waals surface area contributed by atoms with E-state index in [1.807, 2.05) is 0 Å². The van der Waals surface area contributed by atoms with Gasteiger partial charge in [0.25, 0.3) is 0 Å². The predicted molar refractivity (Wildman–Crippen MR) is 142 cm³/mol. The fourth-order valence-electron chi connectivity index (χ4n) is 4.23. The summed E-state index contributed by atoms with van der Waals surface area (Å²) < 4.78 is 70.0. The lowest BCUT2D eigenvalue weighted by Gasteiger charge is -2.14. The number of rotatable bonds is 8. The van der Waals surface area contributed by atoms with Crippen LogP contribution in [0.25, 0.3) is 16.8 Å². The second-order valence-electron chi connectivity index (χ2n) is 9.73. The Morgan fingerprint density at radius 2 is 1.69 bits per heavy atom. The lowest BCUT2D eigenvalue weighted by Crippen LogP contribution is -2.16. The molecule has 2 N–H and O–H groups in total. The van der Waals surface area contributed by atoms with Gasteiger partial charge in [0.15, 0.2) is 9.84 Å². The lowest BCUT2D eigenvalue weighted by molar-refractivity contribution is 0.0741. The van der Waals surface area contributed by atoms with Crippen molar-refractivity contribution in [3.05, 3.63) is 99.8 Å². The highest BCUT2D eigenvalue weighted by Crippen LogP contribution is 2.32. The predicted octanol–water partition coefficient (Wildman–Crippen LogP) is 5.37. The van der Waals surface area contributed by atoms with Crippen molar-refractivity contribution in [3.8, 4) is 16.8 Å². The summed E-state index contributed by atoms with van der Waals surface area (Å²) in [6, 6.07) is 10.3. The molecule has 0 aliphatic rings. The van der Waals surface area contributed by atoms with Crippen molar-refractivity contribution >= 4 is 21.4 Å². The molecule has 4 rings (SSSR count). The summed E-state index contributed by atoms with van der Waals surface area (Å²) in [5, 5.41) is 19.9. The van der Waals surface area contributed by atoms with Gasteiger partial charge in [-0.25, -0.2) is 26.6 Å². The summed E-state index contributed by atoms with van der Waals surface area (Å²) in [6.07, 6.45) is 2.33. The van der Waals surface area contributed by atoms with E-state index in [4.69, 9.17) is 11.6 Å². The number of hydrogen-bond acceptors (Lipinski definition) is 5. The number of halogens is 4. The number of imidazole rings is 1. The molecule has 0 aliphatic carbocycles. The summed E-state index contributed by atoms with van der Waals surface area (Å²) in [6.45, 7) is 2.62. The Morgan fingerprint density at radius 3 is 2.28 bits per heavy atom. The first-order valence-electron chi connectivity index (χ1n) is 11.9. The van der Waals surface area contributed by atoms with Gasteiger partial charge in [-0.15, -0.1) is 0 Å². The van der Waals surface area contributed by atoms with Crippen LogP contribution in [0.3, 0.4) is 0 Å². The number of nitrogens with zero attached hydrogens (tertiary/aromatic N) is 2. The van der Waals surface area contributed by atoms with Crippen LogP contribution in [0.2, 0.25) is 5.02 Å². The molecule has 0 aliphatic heterocycles. The molecular weight excluding hydrogens is 553 g/mol. The molecule has 39 heavy (non-hydrogen) atoms. The Kier molecular flexibility index (Phi) is 7.96. The molecule has 0 fully saturated rings. The third kappa shape index (κ3) is 6.19. The average molecular weight is 579 g/mol. The normalized spacial score (nSPS) is 12.2. The topological polar surface area (TPSA) is 92.4 Å². The molecule has 0 spiro atoms. The van der Waals surface area contributed by atoms with Crippen molar-refractivity contribution in [2.24, 2.45) is 0 Å². The van der Waals surface area contributed by atoms with Gasteiger partial charge in [0.1, 0.15) is 28.9 Å². The van der Waals surface area contributed by atoms with Crippen LogP contribution in [0.4, 0.5) is 13.2 Å². The summed E-state index contributed by atoms with van der Waals surface area (Å²) in [4.78, 5) is 4.19. The fourth-order valence-corrected chi connectivity index (χ4v) is 5.45. The SMILES string of the molecule is CC(C)(O)c1cn(-c2ccc(-c3cc(F)c(CCO)c(S(C)(=O)=O)c3)cc2F)c(Cc2ccc(F)cc2Cl)n1. The molecule has 11 heteroatoms. The maximum Gasteiger partial charge on any atom is 0.175 e. The molecule has 0 saturated heterocycles. The summed E-state index contributed by atoms with van der Waals surface area (Å²) in [7, 11) is -3.84. The smallest absolute Gasteiger partial charge is 0.175 e. The molecule has 0 saturated carbocycles. The second-order valence-corrected chi connectivity index (χ2v) is 12.1. The van der Waals surface area contributed by atoms with Gasteiger partial charge in [-0.2, -0.15) is 0 Å². The van der Waals surface area contributed by atoms with E-state index < -0.39 is 39.5 Å². The number of sulfone groups is 1. The van der Waals surface area contributed by atoms with Crippen molar-refractivity contribution in [1.82, 2.24) is 9.55 Å². The van der Waals surface area contributed by atoms with Crippen molar-refractivity contribution in [3.63, 3.8) is 0 Å². The molecule has 1 heterocycles. The third-order valence-corrected chi connectivity index (χ3v) is 7.74. The highest BCUT2D eigenvalue weighted by Gasteiger charge is 2.24. The quantitative estimate of drug-likeness (QED) is 0.293.